The highest BCUT2D eigenvalue weighted by Gasteiger charge is 2.09. The third-order valence-corrected chi connectivity index (χ3v) is 2.65. The lowest BCUT2D eigenvalue weighted by atomic mass is 10.1. The van der Waals surface area contributed by atoms with Crippen LogP contribution in [-0.2, 0) is 11.2 Å². The van der Waals surface area contributed by atoms with E-state index in [4.69, 9.17) is 5.73 Å². The number of nitrogens with zero attached hydrogens (tertiary/aromatic N) is 1. The molecule has 0 aromatic heterocycles. The van der Waals surface area contributed by atoms with Crippen LogP contribution in [0.3, 0.4) is 0 Å². The van der Waals surface area contributed by atoms with E-state index >= 15 is 0 Å². The van der Waals surface area contributed by atoms with E-state index in [2.05, 4.69) is 5.32 Å². The number of amides is 1. The zero-order valence-electron chi connectivity index (χ0n) is 10.6. The van der Waals surface area contributed by atoms with Crippen molar-refractivity contribution < 1.29 is 4.79 Å². The summed E-state index contributed by atoms with van der Waals surface area (Å²) in [5.74, 6) is 0.131. The van der Waals surface area contributed by atoms with E-state index in [0.717, 1.165) is 25.1 Å². The first-order valence-electron chi connectivity index (χ1n) is 5.86. The molecule has 4 nitrogen and oxygen atoms in total. The van der Waals surface area contributed by atoms with Gasteiger partial charge in [-0.25, -0.2) is 0 Å². The van der Waals surface area contributed by atoms with Crippen molar-refractivity contribution in [2.24, 2.45) is 0 Å². The van der Waals surface area contributed by atoms with Crippen molar-refractivity contribution in [3.05, 3.63) is 29.8 Å². The molecule has 0 bridgehead atoms. The molecular weight excluding hydrogens is 214 g/mol. The number of nitrogens with two attached hydrogens (primary N) is 1. The Hall–Kier alpha value is -1.55. The van der Waals surface area contributed by atoms with Crippen LogP contribution in [0.2, 0.25) is 0 Å². The first-order chi connectivity index (χ1) is 8.13. The molecule has 3 N–H and O–H groups in total. The van der Waals surface area contributed by atoms with Gasteiger partial charge >= 0.3 is 0 Å². The average molecular weight is 235 g/mol. The van der Waals surface area contributed by atoms with Gasteiger partial charge < -0.3 is 16.0 Å². The van der Waals surface area contributed by atoms with E-state index in [0.29, 0.717) is 12.1 Å². The number of hydrogen-bond donors (Lipinski definition) is 2. The summed E-state index contributed by atoms with van der Waals surface area (Å²) in [5.41, 5.74) is 7.35. The lowest BCUT2D eigenvalue weighted by Crippen LogP contribution is -2.30. The Balaban J connectivity index is 2.43. The van der Waals surface area contributed by atoms with Crippen LogP contribution >= 0.6 is 0 Å². The number of nitrogens with one attached hydrogen (secondary N) is 1. The number of likely N-dealkylation sites (N-methyl/N-ethyl adjacent to an activating group) is 1. The molecule has 0 saturated heterocycles. The van der Waals surface area contributed by atoms with Crippen molar-refractivity contribution in [3.63, 3.8) is 0 Å². The summed E-state index contributed by atoms with van der Waals surface area (Å²) in [5, 5.41) is 3.06. The average Bonchev–Trinajstić information content (AvgIpc) is 2.29. The minimum atomic E-state index is 0.131. The number of rotatable bonds is 6. The molecule has 4 heteroatoms. The number of anilines is 1. The van der Waals surface area contributed by atoms with E-state index in [-0.39, 0.29) is 5.91 Å². The van der Waals surface area contributed by atoms with Gasteiger partial charge in [-0.15, -0.1) is 0 Å². The molecule has 1 amide bonds. The van der Waals surface area contributed by atoms with Gasteiger partial charge in [0, 0.05) is 19.3 Å². The molecular formula is C13H21N3O. The molecule has 0 saturated carbocycles. The van der Waals surface area contributed by atoms with Crippen molar-refractivity contribution in [3.8, 4) is 0 Å². The largest absolute Gasteiger partial charge is 0.399 e. The van der Waals surface area contributed by atoms with E-state index in [1.54, 1.807) is 4.90 Å². The zero-order valence-corrected chi connectivity index (χ0v) is 10.6. The first-order valence-corrected chi connectivity index (χ1v) is 5.86. The fourth-order valence-corrected chi connectivity index (χ4v) is 1.63. The molecule has 0 aliphatic heterocycles. The second kappa shape index (κ2) is 6.91. The van der Waals surface area contributed by atoms with E-state index in [1.165, 1.54) is 0 Å². The highest BCUT2D eigenvalue weighted by Crippen LogP contribution is 2.08. The van der Waals surface area contributed by atoms with Crippen molar-refractivity contribution in [2.45, 2.75) is 12.8 Å². The van der Waals surface area contributed by atoms with Crippen LogP contribution in [0.5, 0.6) is 0 Å². The molecule has 0 radical (unpaired) electrons. The van der Waals surface area contributed by atoms with Crippen LogP contribution in [0.1, 0.15) is 12.0 Å². The summed E-state index contributed by atoms with van der Waals surface area (Å²) in [6.07, 6.45) is 1.39. The van der Waals surface area contributed by atoms with E-state index in [9.17, 15) is 4.79 Å². The molecule has 0 spiro atoms. The Morgan fingerprint density at radius 2 is 2.24 bits per heavy atom. The predicted molar refractivity (Wildman–Crippen MR) is 70.7 cm³/mol. The summed E-state index contributed by atoms with van der Waals surface area (Å²) in [6.45, 7) is 1.71. The fraction of sp³-hybridized carbons (Fsp3) is 0.462. The molecule has 0 unspecified atom stereocenters. The molecule has 94 valence electrons. The van der Waals surface area contributed by atoms with Gasteiger partial charge in [0.2, 0.25) is 5.91 Å². The minimum absolute atomic E-state index is 0.131. The smallest absolute Gasteiger partial charge is 0.226 e. The molecule has 0 heterocycles. The number of nitrogen functional groups attached to an aromatic ring is 1. The lowest BCUT2D eigenvalue weighted by Gasteiger charge is -2.17. The number of carbonyl (C=O) groups is 1. The quantitative estimate of drug-likeness (QED) is 0.568. The second-order valence-corrected chi connectivity index (χ2v) is 4.19. The minimum Gasteiger partial charge on any atom is -0.399 e. The van der Waals surface area contributed by atoms with Crippen LogP contribution in [0.15, 0.2) is 24.3 Å². The summed E-state index contributed by atoms with van der Waals surface area (Å²) in [6, 6.07) is 7.47. The molecule has 17 heavy (non-hydrogen) atoms. The van der Waals surface area contributed by atoms with Gasteiger partial charge in [0.15, 0.2) is 0 Å². The highest BCUT2D eigenvalue weighted by atomic mass is 16.2. The number of hydrogen-bond acceptors (Lipinski definition) is 3. The van der Waals surface area contributed by atoms with Crippen molar-refractivity contribution in [1.29, 1.82) is 0 Å². The maximum absolute atomic E-state index is 11.9. The van der Waals surface area contributed by atoms with Gasteiger partial charge in [-0.3, -0.25) is 4.79 Å². The summed E-state index contributed by atoms with van der Waals surface area (Å²) in [4.78, 5) is 13.6. The molecule has 1 rings (SSSR count). The van der Waals surface area contributed by atoms with Gasteiger partial charge in [-0.1, -0.05) is 12.1 Å². The monoisotopic (exact) mass is 235 g/mol. The molecule has 0 aliphatic carbocycles. The summed E-state index contributed by atoms with van der Waals surface area (Å²) < 4.78 is 0. The standard InChI is InChI=1S/C13H21N3O/c1-15-7-4-8-16(2)13(17)10-11-5-3-6-12(14)9-11/h3,5-6,9,15H,4,7-8,10,14H2,1-2H3. The van der Waals surface area contributed by atoms with Crippen LogP contribution < -0.4 is 11.1 Å². The van der Waals surface area contributed by atoms with Gasteiger partial charge in [-0.05, 0) is 37.7 Å². The highest BCUT2D eigenvalue weighted by molar-refractivity contribution is 5.78. The summed E-state index contributed by atoms with van der Waals surface area (Å²) in [7, 11) is 3.75. The van der Waals surface area contributed by atoms with Gasteiger partial charge in [0.05, 0.1) is 6.42 Å². The molecule has 0 aliphatic rings. The Labute approximate surface area is 103 Å². The topological polar surface area (TPSA) is 58.4 Å². The maximum atomic E-state index is 11.9. The lowest BCUT2D eigenvalue weighted by molar-refractivity contribution is -0.129. The van der Waals surface area contributed by atoms with Crippen molar-refractivity contribution >= 4 is 11.6 Å². The number of carbonyl (C=O) groups excluding carboxylic acids is 1. The van der Waals surface area contributed by atoms with Gasteiger partial charge in [0.1, 0.15) is 0 Å². The molecule has 1 aromatic carbocycles. The van der Waals surface area contributed by atoms with Crippen LogP contribution in [-0.4, -0.2) is 38.0 Å². The van der Waals surface area contributed by atoms with Gasteiger partial charge in [-0.2, -0.15) is 0 Å². The fourth-order valence-electron chi connectivity index (χ4n) is 1.63. The first kappa shape index (κ1) is 13.5. The SMILES string of the molecule is CNCCCN(C)C(=O)Cc1cccc(N)c1. The second-order valence-electron chi connectivity index (χ2n) is 4.19. The Kier molecular flexibility index (Phi) is 5.49. The third kappa shape index (κ3) is 4.87. The maximum Gasteiger partial charge on any atom is 0.226 e. The Bertz CT molecular complexity index is 365. The molecule has 1 aromatic rings. The van der Waals surface area contributed by atoms with Gasteiger partial charge in [0.25, 0.3) is 0 Å². The third-order valence-electron chi connectivity index (χ3n) is 2.65. The number of benzene rings is 1. The zero-order chi connectivity index (χ0) is 12.7. The van der Waals surface area contributed by atoms with Crippen LogP contribution in [0, 0.1) is 0 Å². The Morgan fingerprint density at radius 3 is 2.88 bits per heavy atom. The van der Waals surface area contributed by atoms with Crippen LogP contribution in [0.4, 0.5) is 5.69 Å². The molecule has 0 atom stereocenters. The van der Waals surface area contributed by atoms with E-state index < -0.39 is 0 Å². The van der Waals surface area contributed by atoms with E-state index in [1.807, 2.05) is 38.4 Å². The van der Waals surface area contributed by atoms with Crippen molar-refractivity contribution in [2.75, 3.05) is 32.9 Å². The summed E-state index contributed by atoms with van der Waals surface area (Å²) >= 11 is 0. The normalized spacial score (nSPS) is 10.2. The van der Waals surface area contributed by atoms with Crippen molar-refractivity contribution in [1.82, 2.24) is 10.2 Å². The Morgan fingerprint density at radius 1 is 1.47 bits per heavy atom. The predicted octanol–water partition coefficient (Wildman–Crippen LogP) is 0.879. The van der Waals surface area contributed by atoms with Crippen LogP contribution in [0.25, 0.3) is 0 Å². The molecule has 0 fully saturated rings.